The maximum absolute atomic E-state index is 9.50. The molecule has 0 fully saturated rings. The Balaban J connectivity index is 0.000000720. The molecule has 0 saturated heterocycles. The van der Waals surface area contributed by atoms with Crippen molar-refractivity contribution in [1.29, 1.82) is 0 Å². The van der Waals surface area contributed by atoms with E-state index in [-0.39, 0.29) is 5.41 Å². The predicted molar refractivity (Wildman–Crippen MR) is 138 cm³/mol. The molecule has 1 heterocycles. The first kappa shape index (κ1) is 26.5. The lowest BCUT2D eigenvalue weighted by molar-refractivity contribution is 0.510. The van der Waals surface area contributed by atoms with E-state index in [1.54, 1.807) is 0 Å². The topological polar surface area (TPSA) is 30.9 Å². The Hall–Kier alpha value is -2.55. The van der Waals surface area contributed by atoms with Crippen molar-refractivity contribution in [1.82, 2.24) is 4.57 Å². The maximum atomic E-state index is 9.50. The molecule has 2 N–H and O–H groups in total. The normalized spacial score (nSPS) is 11.1. The van der Waals surface area contributed by atoms with E-state index in [2.05, 4.69) is 94.7 Å². The van der Waals surface area contributed by atoms with Crippen molar-refractivity contribution < 1.29 is 4.39 Å². The maximum Gasteiger partial charge on any atom is 0.0785 e. The number of alkyl halides is 1. The second-order valence-electron chi connectivity index (χ2n) is 8.41. The number of nitrogens with zero attached hydrogens (tertiary/aromatic N) is 1. The van der Waals surface area contributed by atoms with Crippen molar-refractivity contribution >= 4 is 22.7 Å². The molecule has 0 saturated carbocycles. The predicted octanol–water partition coefficient (Wildman–Crippen LogP) is 8.63. The highest BCUT2D eigenvalue weighted by Gasteiger charge is 2.26. The number of allylic oxidation sites excluding steroid dienone is 1. The summed E-state index contributed by atoms with van der Waals surface area (Å²) in [7, 11) is 0.500. The molecule has 2 aromatic carbocycles. The van der Waals surface area contributed by atoms with E-state index < -0.39 is 0 Å². The number of para-hydroxylation sites is 1. The van der Waals surface area contributed by atoms with Gasteiger partial charge in [0.25, 0.3) is 0 Å². The van der Waals surface area contributed by atoms with Crippen molar-refractivity contribution in [3.8, 4) is 5.69 Å². The van der Waals surface area contributed by atoms with Gasteiger partial charge in [0, 0.05) is 11.1 Å². The molecule has 0 aliphatic heterocycles. The SMILES string of the molecule is C/C=C\c1c(N)c2c(C(C)(C)CC)cc(C)cc2n1-c1ccccc1.CCCC.CF. The summed E-state index contributed by atoms with van der Waals surface area (Å²) < 4.78 is 11.8. The van der Waals surface area contributed by atoms with Gasteiger partial charge in [-0.3, -0.25) is 4.39 Å². The number of hydrogen-bond donors (Lipinski definition) is 1. The average Bonchev–Trinajstić information content (AvgIpc) is 3.06. The van der Waals surface area contributed by atoms with Crippen molar-refractivity contribution in [3.63, 3.8) is 0 Å². The molecule has 2 nitrogen and oxygen atoms in total. The lowest BCUT2D eigenvalue weighted by Crippen LogP contribution is -2.16. The third-order valence-electron chi connectivity index (χ3n) is 5.74. The zero-order valence-electron chi connectivity index (χ0n) is 20.7. The molecular formula is C28H41FN2. The number of benzene rings is 2. The molecule has 0 amide bonds. The average molecular weight is 425 g/mol. The summed E-state index contributed by atoms with van der Waals surface area (Å²) in [6, 6.07) is 15.0. The van der Waals surface area contributed by atoms with Crippen molar-refractivity contribution in [3.05, 3.63) is 65.4 Å². The summed E-state index contributed by atoms with van der Waals surface area (Å²) in [6.07, 6.45) is 7.88. The number of rotatable bonds is 5. The zero-order chi connectivity index (χ0) is 23.6. The van der Waals surface area contributed by atoms with Crippen LogP contribution < -0.4 is 5.73 Å². The molecule has 3 heteroatoms. The van der Waals surface area contributed by atoms with E-state index in [9.17, 15) is 4.39 Å². The number of aromatic nitrogens is 1. The van der Waals surface area contributed by atoms with Crippen LogP contribution in [0.25, 0.3) is 22.7 Å². The van der Waals surface area contributed by atoms with E-state index in [0.29, 0.717) is 7.18 Å². The fraction of sp³-hybridized carbons (Fsp3) is 0.429. The summed E-state index contributed by atoms with van der Waals surface area (Å²) in [5.41, 5.74) is 13.6. The van der Waals surface area contributed by atoms with Crippen LogP contribution in [-0.2, 0) is 5.41 Å². The first-order valence-electron chi connectivity index (χ1n) is 11.3. The molecule has 0 unspecified atom stereocenters. The Morgan fingerprint density at radius 1 is 1.00 bits per heavy atom. The van der Waals surface area contributed by atoms with Crippen LogP contribution in [0.1, 0.15) is 77.6 Å². The lowest BCUT2D eigenvalue weighted by Gasteiger charge is -2.25. The number of nitrogen functional groups attached to an aromatic ring is 1. The molecule has 1 aromatic heterocycles. The van der Waals surface area contributed by atoms with Gasteiger partial charge in [-0.1, -0.05) is 77.8 Å². The van der Waals surface area contributed by atoms with Crippen LogP contribution in [-0.4, -0.2) is 11.7 Å². The van der Waals surface area contributed by atoms with Gasteiger partial charge >= 0.3 is 0 Å². The van der Waals surface area contributed by atoms with Crippen LogP contribution in [0, 0.1) is 6.92 Å². The Labute approximate surface area is 189 Å². The van der Waals surface area contributed by atoms with Crippen LogP contribution in [0.15, 0.2) is 48.5 Å². The highest BCUT2D eigenvalue weighted by Crippen LogP contribution is 2.41. The number of halogens is 1. The lowest BCUT2D eigenvalue weighted by atomic mass is 9.79. The van der Waals surface area contributed by atoms with Crippen LogP contribution in [0.2, 0.25) is 0 Å². The van der Waals surface area contributed by atoms with Gasteiger partial charge in [0.05, 0.1) is 24.1 Å². The number of fused-ring (bicyclic) bond motifs is 1. The molecule has 3 aromatic rings. The molecule has 0 aliphatic carbocycles. The first-order chi connectivity index (χ1) is 14.8. The molecule has 0 atom stereocenters. The summed E-state index contributed by atoms with van der Waals surface area (Å²) in [6.45, 7) is 15.4. The van der Waals surface area contributed by atoms with E-state index in [1.165, 1.54) is 34.9 Å². The van der Waals surface area contributed by atoms with Crippen LogP contribution in [0.3, 0.4) is 0 Å². The van der Waals surface area contributed by atoms with Gasteiger partial charge in [0.1, 0.15) is 0 Å². The van der Waals surface area contributed by atoms with Gasteiger partial charge in [0.2, 0.25) is 0 Å². The molecule has 0 aliphatic rings. The molecule has 3 rings (SSSR count). The smallest absolute Gasteiger partial charge is 0.0785 e. The van der Waals surface area contributed by atoms with E-state index in [1.807, 2.05) is 13.0 Å². The minimum absolute atomic E-state index is 0.0778. The minimum Gasteiger partial charge on any atom is -0.396 e. The Morgan fingerprint density at radius 3 is 2.06 bits per heavy atom. The molecule has 0 spiro atoms. The highest BCUT2D eigenvalue weighted by molar-refractivity contribution is 6.01. The molecule has 0 bridgehead atoms. The Bertz CT molecular complexity index is 964. The van der Waals surface area contributed by atoms with E-state index in [0.717, 1.165) is 23.5 Å². The number of nitrogens with two attached hydrogens (primary N) is 1. The van der Waals surface area contributed by atoms with Gasteiger partial charge in [0.15, 0.2) is 0 Å². The van der Waals surface area contributed by atoms with Crippen LogP contribution in [0.5, 0.6) is 0 Å². The van der Waals surface area contributed by atoms with Gasteiger partial charge in [-0.15, -0.1) is 0 Å². The second kappa shape index (κ2) is 12.3. The van der Waals surface area contributed by atoms with Gasteiger partial charge < -0.3 is 10.3 Å². The number of hydrogen-bond acceptors (Lipinski definition) is 1. The number of anilines is 1. The molecule has 0 radical (unpaired) electrons. The quantitative estimate of drug-likeness (QED) is 0.436. The van der Waals surface area contributed by atoms with Gasteiger partial charge in [-0.2, -0.15) is 0 Å². The molecule has 170 valence electrons. The number of aryl methyl sites for hydroxylation is 1. The fourth-order valence-corrected chi connectivity index (χ4v) is 3.51. The third kappa shape index (κ3) is 6.00. The standard InChI is InChI=1S/C23H28N2.C4H10.CH3F/c1-6-11-19-22(24)21-18(23(4,5)7-2)14-16(3)15-20(21)25(19)17-12-9-8-10-13-17;1-3-4-2;1-2/h6,8-15H,7,24H2,1-5H3;3-4H2,1-2H3;1H3/b11-6-;;. The first-order valence-corrected chi connectivity index (χ1v) is 11.3. The van der Waals surface area contributed by atoms with E-state index in [4.69, 9.17) is 5.73 Å². The Morgan fingerprint density at radius 2 is 1.58 bits per heavy atom. The zero-order valence-corrected chi connectivity index (χ0v) is 20.7. The fourth-order valence-electron chi connectivity index (χ4n) is 3.51. The van der Waals surface area contributed by atoms with E-state index >= 15 is 0 Å². The van der Waals surface area contributed by atoms with Crippen molar-refractivity contribution in [2.24, 2.45) is 0 Å². The summed E-state index contributed by atoms with van der Waals surface area (Å²) >= 11 is 0. The monoisotopic (exact) mass is 424 g/mol. The number of unbranched alkanes of at least 4 members (excludes halogenated alkanes) is 1. The minimum atomic E-state index is 0.0778. The summed E-state index contributed by atoms with van der Waals surface area (Å²) in [5, 5.41) is 1.19. The van der Waals surface area contributed by atoms with Crippen molar-refractivity contribution in [2.45, 2.75) is 73.1 Å². The molecular weight excluding hydrogens is 383 g/mol. The van der Waals surface area contributed by atoms with Crippen LogP contribution >= 0.6 is 0 Å². The molecule has 31 heavy (non-hydrogen) atoms. The van der Waals surface area contributed by atoms with Gasteiger partial charge in [-0.05, 0) is 61.1 Å². The largest absolute Gasteiger partial charge is 0.396 e. The Kier molecular flexibility index (Phi) is 10.5. The van der Waals surface area contributed by atoms with Crippen molar-refractivity contribution in [2.75, 3.05) is 12.9 Å². The van der Waals surface area contributed by atoms with Crippen LogP contribution in [0.4, 0.5) is 10.1 Å². The summed E-state index contributed by atoms with van der Waals surface area (Å²) in [4.78, 5) is 0. The second-order valence-corrected chi connectivity index (χ2v) is 8.41. The van der Waals surface area contributed by atoms with Gasteiger partial charge in [-0.25, -0.2) is 0 Å². The summed E-state index contributed by atoms with van der Waals surface area (Å²) in [5.74, 6) is 0. The third-order valence-corrected chi connectivity index (χ3v) is 5.74. The highest BCUT2D eigenvalue weighted by atomic mass is 19.1.